The van der Waals surface area contributed by atoms with Crippen LogP contribution in [0.5, 0.6) is 0 Å². The van der Waals surface area contributed by atoms with Gasteiger partial charge in [0.2, 0.25) is 0 Å². The van der Waals surface area contributed by atoms with Crippen molar-refractivity contribution in [3.05, 3.63) is 0 Å². The minimum atomic E-state index is -3.64. The summed E-state index contributed by atoms with van der Waals surface area (Å²) in [4.78, 5) is 18.9. The van der Waals surface area contributed by atoms with Gasteiger partial charge in [-0.25, -0.2) is 0 Å². The summed E-state index contributed by atoms with van der Waals surface area (Å²) in [6, 6.07) is -1.22. The quantitative estimate of drug-likeness (QED) is 0.355. The van der Waals surface area contributed by atoms with Crippen molar-refractivity contribution in [1.82, 2.24) is 0 Å². The van der Waals surface area contributed by atoms with E-state index >= 15 is 0 Å². The van der Waals surface area contributed by atoms with E-state index in [0.29, 0.717) is 0 Å². The molecule has 8 heteroatoms. The summed E-state index contributed by atoms with van der Waals surface area (Å²) in [6.07, 6.45) is -0.414. The van der Waals surface area contributed by atoms with Crippen molar-refractivity contribution in [3.8, 4) is 0 Å². The van der Waals surface area contributed by atoms with Gasteiger partial charge in [0.25, 0.3) is 0 Å². The van der Waals surface area contributed by atoms with E-state index in [1.165, 1.54) is 0 Å². The van der Waals surface area contributed by atoms with E-state index in [4.69, 9.17) is 10.6 Å². The fourth-order valence-corrected chi connectivity index (χ4v) is 1.30. The summed E-state index contributed by atoms with van der Waals surface area (Å²) in [5.74, 6) is -1.44. The van der Waals surface area contributed by atoms with E-state index in [-0.39, 0.29) is 42.1 Å². The fraction of sp³-hybridized carbons (Fsp3) is 0.800. The van der Waals surface area contributed by atoms with E-state index in [1.54, 1.807) is 0 Å². The molecule has 0 aromatic carbocycles. The Morgan fingerprint density at radius 1 is 1.77 bits per heavy atom. The molecule has 0 aliphatic heterocycles. The van der Waals surface area contributed by atoms with Crippen LogP contribution in [0.1, 0.15) is 6.42 Å². The SMILES string of the molecule is COP(=O)(O)CCC(N)C(=O)[O-].[Na+]. The molecule has 72 valence electrons. The van der Waals surface area contributed by atoms with Crippen LogP contribution < -0.4 is 40.4 Å². The monoisotopic (exact) mass is 219 g/mol. The zero-order chi connectivity index (χ0) is 9.78. The maximum Gasteiger partial charge on any atom is 1.00 e. The predicted molar refractivity (Wildman–Crippen MR) is 39.3 cm³/mol. The molecule has 0 amide bonds. The first-order valence-electron chi connectivity index (χ1n) is 3.23. The molecule has 0 saturated carbocycles. The minimum absolute atomic E-state index is 0. The van der Waals surface area contributed by atoms with E-state index in [2.05, 4.69) is 4.52 Å². The average molecular weight is 219 g/mol. The van der Waals surface area contributed by atoms with Crippen LogP contribution in [-0.4, -0.2) is 30.2 Å². The molecule has 0 saturated heterocycles. The van der Waals surface area contributed by atoms with Crippen LogP contribution in [0.25, 0.3) is 0 Å². The second-order valence-corrected chi connectivity index (χ2v) is 4.35. The molecule has 0 aliphatic carbocycles. The van der Waals surface area contributed by atoms with Gasteiger partial charge in [-0.05, 0) is 6.42 Å². The second kappa shape index (κ2) is 6.95. The Bertz CT molecular complexity index is 211. The number of carboxylic acid groups (broad SMARTS) is 1. The Morgan fingerprint density at radius 2 is 2.23 bits per heavy atom. The number of nitrogens with two attached hydrogens (primary N) is 1. The molecule has 0 aliphatic rings. The molecule has 0 spiro atoms. The zero-order valence-electron chi connectivity index (χ0n) is 7.60. The van der Waals surface area contributed by atoms with Crippen LogP contribution in [0.15, 0.2) is 0 Å². The third-order valence-corrected chi connectivity index (χ3v) is 2.70. The number of carbonyl (C=O) groups excluding carboxylic acids is 1. The van der Waals surface area contributed by atoms with Gasteiger partial charge in [-0.2, -0.15) is 0 Å². The van der Waals surface area contributed by atoms with Crippen LogP contribution in [0, 0.1) is 0 Å². The van der Waals surface area contributed by atoms with Crippen molar-refractivity contribution in [3.63, 3.8) is 0 Å². The summed E-state index contributed by atoms with van der Waals surface area (Å²) in [6.45, 7) is 0. The van der Waals surface area contributed by atoms with Crippen molar-refractivity contribution in [1.29, 1.82) is 0 Å². The van der Waals surface area contributed by atoms with Gasteiger partial charge in [0.05, 0.1) is 12.1 Å². The number of hydrogen-bond donors (Lipinski definition) is 2. The Morgan fingerprint density at radius 3 is 2.54 bits per heavy atom. The van der Waals surface area contributed by atoms with Crippen LogP contribution >= 0.6 is 7.60 Å². The molecular formula is C5H11NNaO5P. The maximum atomic E-state index is 10.8. The summed E-state index contributed by atoms with van der Waals surface area (Å²) in [5, 5.41) is 10.1. The van der Waals surface area contributed by atoms with E-state index in [9.17, 15) is 14.5 Å². The number of carboxylic acids is 1. The molecule has 3 N–H and O–H groups in total. The zero-order valence-corrected chi connectivity index (χ0v) is 10.5. The van der Waals surface area contributed by atoms with Crippen LogP contribution in [0.4, 0.5) is 0 Å². The first-order valence-corrected chi connectivity index (χ1v) is 4.99. The van der Waals surface area contributed by atoms with Crippen molar-refractivity contribution in [2.24, 2.45) is 5.73 Å². The summed E-state index contributed by atoms with van der Waals surface area (Å²) < 4.78 is 15.0. The molecule has 2 atom stereocenters. The number of carbonyl (C=O) groups is 1. The minimum Gasteiger partial charge on any atom is -0.548 e. The largest absolute Gasteiger partial charge is 1.00 e. The van der Waals surface area contributed by atoms with Gasteiger partial charge < -0.3 is 25.1 Å². The predicted octanol–water partition coefficient (Wildman–Crippen LogP) is -4.71. The standard InChI is InChI=1S/C5H12NO5P.Na/c1-11-12(9,10)3-2-4(6)5(7)8;/h4H,2-3,6H2,1H3,(H,7,8)(H,9,10);/q;+1/p-1. The molecule has 0 bridgehead atoms. The molecule has 13 heavy (non-hydrogen) atoms. The smallest absolute Gasteiger partial charge is 0.548 e. The molecular weight excluding hydrogens is 208 g/mol. The Balaban J connectivity index is 0. The Labute approximate surface area is 98.3 Å². The van der Waals surface area contributed by atoms with Crippen molar-refractivity contribution < 1.29 is 53.4 Å². The Kier molecular flexibility index (Phi) is 8.57. The van der Waals surface area contributed by atoms with Gasteiger partial charge >= 0.3 is 37.2 Å². The van der Waals surface area contributed by atoms with Crippen molar-refractivity contribution >= 4 is 13.6 Å². The van der Waals surface area contributed by atoms with E-state index in [1.807, 2.05) is 0 Å². The summed E-state index contributed by atoms with van der Waals surface area (Å²) in [7, 11) is -2.56. The molecule has 0 rings (SSSR count). The van der Waals surface area contributed by atoms with Gasteiger partial charge in [0.1, 0.15) is 0 Å². The van der Waals surface area contributed by atoms with Crippen LogP contribution in [0.3, 0.4) is 0 Å². The number of aliphatic carboxylic acids is 1. The molecule has 0 aromatic rings. The average Bonchev–Trinajstić information content (AvgIpc) is 2.00. The number of hydrogen-bond acceptors (Lipinski definition) is 5. The van der Waals surface area contributed by atoms with Gasteiger partial charge in [-0.3, -0.25) is 4.57 Å². The second-order valence-electron chi connectivity index (χ2n) is 2.26. The number of rotatable bonds is 5. The van der Waals surface area contributed by atoms with Crippen molar-refractivity contribution in [2.45, 2.75) is 12.5 Å². The van der Waals surface area contributed by atoms with Gasteiger partial charge in [0.15, 0.2) is 0 Å². The van der Waals surface area contributed by atoms with Crippen LogP contribution in [-0.2, 0) is 13.9 Å². The fourth-order valence-electron chi connectivity index (χ4n) is 0.511. The van der Waals surface area contributed by atoms with Gasteiger partial charge in [-0.1, -0.05) is 0 Å². The van der Waals surface area contributed by atoms with E-state index in [0.717, 1.165) is 7.11 Å². The first kappa shape index (κ1) is 16.0. The van der Waals surface area contributed by atoms with Gasteiger partial charge in [-0.15, -0.1) is 0 Å². The Hall–Kier alpha value is 0.580. The topological polar surface area (TPSA) is 113 Å². The maximum absolute atomic E-state index is 10.8. The van der Waals surface area contributed by atoms with Crippen molar-refractivity contribution in [2.75, 3.05) is 13.3 Å². The summed E-state index contributed by atoms with van der Waals surface area (Å²) >= 11 is 0. The first-order chi connectivity index (χ1) is 5.39. The molecule has 2 unspecified atom stereocenters. The van der Waals surface area contributed by atoms with E-state index < -0.39 is 19.6 Å². The third-order valence-electron chi connectivity index (χ3n) is 1.31. The molecule has 0 heterocycles. The normalized spacial score (nSPS) is 16.8. The summed E-state index contributed by atoms with van der Waals surface area (Å²) in [5.41, 5.74) is 5.03. The van der Waals surface area contributed by atoms with Gasteiger partial charge in [0, 0.05) is 13.2 Å². The third kappa shape index (κ3) is 7.64. The molecule has 0 radical (unpaired) electrons. The molecule has 6 nitrogen and oxygen atoms in total. The molecule has 0 aromatic heterocycles. The van der Waals surface area contributed by atoms with Crippen LogP contribution in [0.2, 0.25) is 0 Å². The molecule has 0 fully saturated rings.